The topological polar surface area (TPSA) is 76.9 Å². The highest BCUT2D eigenvalue weighted by Crippen LogP contribution is 2.16. The Morgan fingerprint density at radius 3 is 2.52 bits per heavy atom. The molecule has 3 rings (SSSR count). The Balaban J connectivity index is 1.84. The van der Waals surface area contributed by atoms with Gasteiger partial charge in [0.25, 0.3) is 0 Å². The molecule has 0 unspecified atom stereocenters. The van der Waals surface area contributed by atoms with Gasteiger partial charge in [0, 0.05) is 6.20 Å². The van der Waals surface area contributed by atoms with Crippen LogP contribution in [0.2, 0.25) is 0 Å². The summed E-state index contributed by atoms with van der Waals surface area (Å²) in [5.74, 6) is 0. The van der Waals surface area contributed by atoms with Gasteiger partial charge in [0.1, 0.15) is 4.90 Å². The molecular weight excluding hydrogens is 312 g/mol. The van der Waals surface area contributed by atoms with E-state index in [-0.39, 0.29) is 11.4 Å². The van der Waals surface area contributed by atoms with Gasteiger partial charge in [-0.1, -0.05) is 24.3 Å². The molecule has 2 heterocycles. The van der Waals surface area contributed by atoms with Gasteiger partial charge in [0.05, 0.1) is 29.8 Å². The van der Waals surface area contributed by atoms with Crippen LogP contribution in [0, 0.1) is 6.92 Å². The van der Waals surface area contributed by atoms with Crippen LogP contribution in [-0.2, 0) is 16.6 Å². The maximum Gasteiger partial charge on any atom is 0.244 e. The van der Waals surface area contributed by atoms with E-state index in [1.54, 1.807) is 29.9 Å². The molecule has 23 heavy (non-hydrogen) atoms. The van der Waals surface area contributed by atoms with Gasteiger partial charge in [-0.3, -0.25) is 4.98 Å². The zero-order chi connectivity index (χ0) is 16.3. The number of para-hydroxylation sites is 1. The maximum atomic E-state index is 12.5. The number of benzene rings is 1. The first-order chi connectivity index (χ1) is 11.1. The summed E-state index contributed by atoms with van der Waals surface area (Å²) in [5.41, 5.74) is 1.91. The van der Waals surface area contributed by atoms with Crippen molar-refractivity contribution in [3.63, 3.8) is 0 Å². The minimum Gasteiger partial charge on any atom is -0.260 e. The van der Waals surface area contributed by atoms with Crippen molar-refractivity contribution in [2.24, 2.45) is 0 Å². The van der Waals surface area contributed by atoms with Crippen molar-refractivity contribution in [2.75, 3.05) is 0 Å². The average Bonchev–Trinajstić information content (AvgIpc) is 2.98. The number of aromatic nitrogens is 3. The van der Waals surface area contributed by atoms with Gasteiger partial charge in [-0.25, -0.2) is 17.8 Å². The molecular formula is C16H16N4O2S. The van der Waals surface area contributed by atoms with Crippen molar-refractivity contribution in [1.82, 2.24) is 19.5 Å². The summed E-state index contributed by atoms with van der Waals surface area (Å²) in [6, 6.07) is 14.7. The molecule has 7 heteroatoms. The summed E-state index contributed by atoms with van der Waals surface area (Å²) >= 11 is 0. The van der Waals surface area contributed by atoms with E-state index in [9.17, 15) is 8.42 Å². The molecule has 0 radical (unpaired) electrons. The molecule has 0 bridgehead atoms. The van der Waals surface area contributed by atoms with Crippen LogP contribution in [0.4, 0.5) is 0 Å². The average molecular weight is 328 g/mol. The second-order valence-electron chi connectivity index (χ2n) is 5.00. The van der Waals surface area contributed by atoms with E-state index in [2.05, 4.69) is 14.8 Å². The summed E-state index contributed by atoms with van der Waals surface area (Å²) < 4.78 is 29.1. The number of pyridine rings is 1. The van der Waals surface area contributed by atoms with Crippen molar-refractivity contribution in [3.8, 4) is 5.69 Å². The molecule has 2 aromatic heterocycles. The highest BCUT2D eigenvalue weighted by Gasteiger charge is 2.20. The van der Waals surface area contributed by atoms with Crippen LogP contribution in [0.1, 0.15) is 11.4 Å². The number of sulfonamides is 1. The fourth-order valence-corrected chi connectivity index (χ4v) is 3.33. The smallest absolute Gasteiger partial charge is 0.244 e. The number of aryl methyl sites for hydroxylation is 1. The molecule has 0 aliphatic heterocycles. The molecule has 6 nitrogen and oxygen atoms in total. The summed E-state index contributed by atoms with van der Waals surface area (Å²) in [4.78, 5) is 4.27. The van der Waals surface area contributed by atoms with Gasteiger partial charge in [0.2, 0.25) is 10.0 Å². The zero-order valence-electron chi connectivity index (χ0n) is 12.5. The van der Waals surface area contributed by atoms with Crippen molar-refractivity contribution in [1.29, 1.82) is 0 Å². The summed E-state index contributed by atoms with van der Waals surface area (Å²) in [5, 5.41) is 4.28. The summed E-state index contributed by atoms with van der Waals surface area (Å²) in [6.45, 7) is 1.81. The first-order valence-electron chi connectivity index (χ1n) is 7.07. The van der Waals surface area contributed by atoms with Gasteiger partial charge in [-0.05, 0) is 31.2 Å². The predicted octanol–water partition coefficient (Wildman–Crippen LogP) is 2.05. The third-order valence-corrected chi connectivity index (χ3v) is 4.84. The van der Waals surface area contributed by atoms with Crippen molar-refractivity contribution < 1.29 is 8.42 Å². The highest BCUT2D eigenvalue weighted by atomic mass is 32.2. The Labute approximate surface area is 134 Å². The lowest BCUT2D eigenvalue weighted by atomic mass is 10.3. The van der Waals surface area contributed by atoms with Gasteiger partial charge in [0.15, 0.2) is 0 Å². The molecule has 1 aromatic carbocycles. The Bertz CT molecular complexity index is 890. The van der Waals surface area contributed by atoms with Gasteiger partial charge < -0.3 is 0 Å². The van der Waals surface area contributed by atoms with Crippen molar-refractivity contribution >= 4 is 10.0 Å². The Morgan fingerprint density at radius 1 is 1.09 bits per heavy atom. The van der Waals surface area contributed by atoms with Crippen LogP contribution >= 0.6 is 0 Å². The molecule has 1 N–H and O–H groups in total. The quantitative estimate of drug-likeness (QED) is 0.778. The van der Waals surface area contributed by atoms with E-state index < -0.39 is 10.0 Å². The van der Waals surface area contributed by atoms with Crippen molar-refractivity contribution in [3.05, 3.63) is 72.3 Å². The largest absolute Gasteiger partial charge is 0.260 e. The van der Waals surface area contributed by atoms with Crippen LogP contribution in [0.15, 0.2) is 65.8 Å². The second-order valence-corrected chi connectivity index (χ2v) is 6.74. The second kappa shape index (κ2) is 6.31. The first-order valence-corrected chi connectivity index (χ1v) is 8.56. The third-order valence-electron chi connectivity index (χ3n) is 3.33. The lowest BCUT2D eigenvalue weighted by Gasteiger charge is -2.04. The molecule has 118 valence electrons. The summed E-state index contributed by atoms with van der Waals surface area (Å²) in [7, 11) is -3.65. The summed E-state index contributed by atoms with van der Waals surface area (Å²) in [6.07, 6.45) is 3.15. The number of rotatable bonds is 5. The maximum absolute atomic E-state index is 12.5. The molecule has 0 atom stereocenters. The molecule has 0 fully saturated rings. The molecule has 0 aliphatic rings. The minimum absolute atomic E-state index is 0.138. The standard InChI is InChI=1S/C16H16N4O2S/c1-13-16(12-20(19-13)15-8-3-2-4-9-15)23(21,22)18-11-14-7-5-6-10-17-14/h2-10,12,18H,11H2,1H3. The molecule has 0 saturated carbocycles. The van der Waals surface area contributed by atoms with Crippen LogP contribution in [0.5, 0.6) is 0 Å². The van der Waals surface area contributed by atoms with Crippen LogP contribution in [0.3, 0.4) is 0 Å². The zero-order valence-corrected chi connectivity index (χ0v) is 13.4. The van der Waals surface area contributed by atoms with Crippen LogP contribution < -0.4 is 4.72 Å². The minimum atomic E-state index is -3.65. The van der Waals surface area contributed by atoms with Crippen molar-refractivity contribution in [2.45, 2.75) is 18.4 Å². The van der Waals surface area contributed by atoms with Gasteiger partial charge in [-0.15, -0.1) is 0 Å². The number of nitrogens with one attached hydrogen (secondary N) is 1. The molecule has 0 amide bonds. The lowest BCUT2D eigenvalue weighted by molar-refractivity contribution is 0.580. The van der Waals surface area contributed by atoms with E-state index in [0.29, 0.717) is 11.4 Å². The van der Waals surface area contributed by atoms with Gasteiger partial charge >= 0.3 is 0 Å². The Kier molecular flexibility index (Phi) is 4.22. The van der Waals surface area contributed by atoms with E-state index in [1.807, 2.05) is 36.4 Å². The molecule has 3 aromatic rings. The Hall–Kier alpha value is -2.51. The fraction of sp³-hybridized carbons (Fsp3) is 0.125. The number of hydrogen-bond donors (Lipinski definition) is 1. The predicted molar refractivity (Wildman–Crippen MR) is 86.6 cm³/mol. The third kappa shape index (κ3) is 3.46. The molecule has 0 saturated heterocycles. The van der Waals surface area contributed by atoms with E-state index in [1.165, 1.54) is 6.20 Å². The SMILES string of the molecule is Cc1nn(-c2ccccc2)cc1S(=O)(=O)NCc1ccccn1. The fourth-order valence-electron chi connectivity index (χ4n) is 2.17. The number of hydrogen-bond acceptors (Lipinski definition) is 4. The van der Waals surface area contributed by atoms with E-state index >= 15 is 0 Å². The molecule has 0 spiro atoms. The van der Waals surface area contributed by atoms with Crippen LogP contribution in [0.25, 0.3) is 5.69 Å². The Morgan fingerprint density at radius 2 is 1.83 bits per heavy atom. The first kappa shape index (κ1) is 15.4. The van der Waals surface area contributed by atoms with Gasteiger partial charge in [-0.2, -0.15) is 5.10 Å². The highest BCUT2D eigenvalue weighted by molar-refractivity contribution is 7.89. The van der Waals surface area contributed by atoms with E-state index in [0.717, 1.165) is 5.69 Å². The lowest BCUT2D eigenvalue weighted by Crippen LogP contribution is -2.24. The monoisotopic (exact) mass is 328 g/mol. The van der Waals surface area contributed by atoms with Crippen LogP contribution in [-0.4, -0.2) is 23.2 Å². The van der Waals surface area contributed by atoms with E-state index in [4.69, 9.17) is 0 Å². The number of nitrogens with zero attached hydrogens (tertiary/aromatic N) is 3. The molecule has 0 aliphatic carbocycles. The normalized spacial score (nSPS) is 11.5.